The van der Waals surface area contributed by atoms with Gasteiger partial charge >= 0.3 is 0 Å². The highest BCUT2D eigenvalue weighted by Crippen LogP contribution is 2.15. The van der Waals surface area contributed by atoms with Crippen LogP contribution in [-0.4, -0.2) is 22.6 Å². The van der Waals surface area contributed by atoms with Crippen LogP contribution in [0.25, 0.3) is 0 Å². The first-order chi connectivity index (χ1) is 7.31. The number of hydrogen-bond donors (Lipinski definition) is 1. The SMILES string of the molecule is CCCn1c(C)cnc1CC1CCNC1. The normalized spacial score (nSPS) is 21.1. The minimum atomic E-state index is 0.794. The maximum Gasteiger partial charge on any atom is 0.109 e. The highest BCUT2D eigenvalue weighted by molar-refractivity contribution is 5.04. The Morgan fingerprint density at radius 2 is 2.47 bits per heavy atom. The summed E-state index contributed by atoms with van der Waals surface area (Å²) in [4.78, 5) is 4.53. The molecule has 1 aliphatic heterocycles. The van der Waals surface area contributed by atoms with Gasteiger partial charge in [0.25, 0.3) is 0 Å². The lowest BCUT2D eigenvalue weighted by Crippen LogP contribution is -2.14. The zero-order valence-electron chi connectivity index (χ0n) is 9.79. The number of aromatic nitrogens is 2. The van der Waals surface area contributed by atoms with Crippen LogP contribution in [0.15, 0.2) is 6.20 Å². The van der Waals surface area contributed by atoms with Gasteiger partial charge in [-0.2, -0.15) is 0 Å². The molecule has 1 atom stereocenters. The molecular weight excluding hydrogens is 186 g/mol. The number of imidazole rings is 1. The molecule has 3 heteroatoms. The Morgan fingerprint density at radius 3 is 3.13 bits per heavy atom. The van der Waals surface area contributed by atoms with E-state index in [0.29, 0.717) is 0 Å². The second kappa shape index (κ2) is 4.79. The molecular formula is C12H21N3. The van der Waals surface area contributed by atoms with E-state index in [4.69, 9.17) is 0 Å². The van der Waals surface area contributed by atoms with Crippen LogP contribution < -0.4 is 5.32 Å². The molecule has 2 rings (SSSR count). The number of nitrogens with zero attached hydrogens (tertiary/aromatic N) is 2. The van der Waals surface area contributed by atoms with Crippen LogP contribution in [0.4, 0.5) is 0 Å². The first-order valence-electron chi connectivity index (χ1n) is 6.03. The van der Waals surface area contributed by atoms with Gasteiger partial charge in [0.15, 0.2) is 0 Å². The zero-order chi connectivity index (χ0) is 10.7. The molecule has 0 saturated carbocycles. The van der Waals surface area contributed by atoms with Gasteiger partial charge in [0.1, 0.15) is 5.82 Å². The minimum absolute atomic E-state index is 0.794. The standard InChI is InChI=1S/C12H21N3/c1-3-6-15-10(2)8-14-12(15)7-11-4-5-13-9-11/h8,11,13H,3-7,9H2,1-2H3. The Kier molecular flexibility index (Phi) is 3.41. The van der Waals surface area contributed by atoms with Crippen LogP contribution in [-0.2, 0) is 13.0 Å². The molecule has 0 aromatic carbocycles. The van der Waals surface area contributed by atoms with Crippen molar-refractivity contribution in [2.75, 3.05) is 13.1 Å². The molecule has 2 heterocycles. The molecule has 3 nitrogen and oxygen atoms in total. The average Bonchev–Trinajstić information content (AvgIpc) is 2.83. The van der Waals surface area contributed by atoms with Crippen LogP contribution in [0.3, 0.4) is 0 Å². The topological polar surface area (TPSA) is 29.9 Å². The van der Waals surface area contributed by atoms with E-state index in [9.17, 15) is 0 Å². The van der Waals surface area contributed by atoms with E-state index in [0.717, 1.165) is 25.4 Å². The predicted octanol–water partition coefficient (Wildman–Crippen LogP) is 1.75. The Hall–Kier alpha value is -0.830. The molecule has 15 heavy (non-hydrogen) atoms. The first kappa shape index (κ1) is 10.7. The molecule has 84 valence electrons. The van der Waals surface area contributed by atoms with E-state index in [1.54, 1.807) is 0 Å². The molecule has 1 aromatic heterocycles. The van der Waals surface area contributed by atoms with Crippen molar-refractivity contribution in [1.82, 2.24) is 14.9 Å². The number of rotatable bonds is 4. The van der Waals surface area contributed by atoms with E-state index in [2.05, 4.69) is 28.7 Å². The van der Waals surface area contributed by atoms with Crippen molar-refractivity contribution >= 4 is 0 Å². The number of aryl methyl sites for hydroxylation is 1. The summed E-state index contributed by atoms with van der Waals surface area (Å²) in [7, 11) is 0. The van der Waals surface area contributed by atoms with E-state index >= 15 is 0 Å². The molecule has 1 aromatic rings. The Labute approximate surface area is 91.9 Å². The van der Waals surface area contributed by atoms with Gasteiger partial charge in [0, 0.05) is 24.9 Å². The van der Waals surface area contributed by atoms with Crippen LogP contribution in [0.1, 0.15) is 31.3 Å². The van der Waals surface area contributed by atoms with Crippen LogP contribution in [0.2, 0.25) is 0 Å². The second-order valence-electron chi connectivity index (χ2n) is 4.53. The van der Waals surface area contributed by atoms with Crippen LogP contribution in [0.5, 0.6) is 0 Å². The molecule has 0 spiro atoms. The van der Waals surface area contributed by atoms with Crippen molar-refractivity contribution in [2.45, 2.75) is 39.7 Å². The smallest absolute Gasteiger partial charge is 0.109 e. The largest absolute Gasteiger partial charge is 0.332 e. The quantitative estimate of drug-likeness (QED) is 0.815. The van der Waals surface area contributed by atoms with E-state index in [1.807, 2.05) is 6.20 Å². The van der Waals surface area contributed by atoms with Crippen molar-refractivity contribution in [1.29, 1.82) is 0 Å². The van der Waals surface area contributed by atoms with E-state index in [1.165, 1.54) is 30.9 Å². The minimum Gasteiger partial charge on any atom is -0.332 e. The van der Waals surface area contributed by atoms with Gasteiger partial charge < -0.3 is 9.88 Å². The van der Waals surface area contributed by atoms with Gasteiger partial charge in [-0.1, -0.05) is 6.92 Å². The summed E-state index contributed by atoms with van der Waals surface area (Å²) in [6.07, 6.45) is 5.64. The fourth-order valence-corrected chi connectivity index (χ4v) is 2.35. The average molecular weight is 207 g/mol. The Morgan fingerprint density at radius 1 is 1.60 bits per heavy atom. The van der Waals surface area contributed by atoms with Crippen LogP contribution in [0, 0.1) is 12.8 Å². The maximum atomic E-state index is 4.53. The summed E-state index contributed by atoms with van der Waals surface area (Å²) in [5.41, 5.74) is 1.30. The molecule has 0 radical (unpaired) electrons. The van der Waals surface area contributed by atoms with Crippen molar-refractivity contribution in [3.05, 3.63) is 17.7 Å². The summed E-state index contributed by atoms with van der Waals surface area (Å²) in [6.45, 7) is 7.83. The molecule has 1 N–H and O–H groups in total. The summed E-state index contributed by atoms with van der Waals surface area (Å²) >= 11 is 0. The van der Waals surface area contributed by atoms with Gasteiger partial charge in [-0.25, -0.2) is 4.98 Å². The first-order valence-corrected chi connectivity index (χ1v) is 6.03. The molecule has 1 aliphatic rings. The molecule has 1 saturated heterocycles. The van der Waals surface area contributed by atoms with E-state index < -0.39 is 0 Å². The van der Waals surface area contributed by atoms with Gasteiger partial charge in [-0.05, 0) is 38.8 Å². The molecule has 0 aliphatic carbocycles. The Balaban J connectivity index is 2.05. The third kappa shape index (κ3) is 2.40. The van der Waals surface area contributed by atoms with Gasteiger partial charge in [-0.15, -0.1) is 0 Å². The lowest BCUT2D eigenvalue weighted by atomic mass is 10.0. The fourth-order valence-electron chi connectivity index (χ4n) is 2.35. The predicted molar refractivity (Wildman–Crippen MR) is 61.9 cm³/mol. The summed E-state index contributed by atoms with van der Waals surface area (Å²) in [5, 5.41) is 3.41. The van der Waals surface area contributed by atoms with Crippen molar-refractivity contribution in [3.8, 4) is 0 Å². The summed E-state index contributed by atoms with van der Waals surface area (Å²) in [6, 6.07) is 0. The lowest BCUT2D eigenvalue weighted by molar-refractivity contribution is 0.526. The molecule has 1 unspecified atom stereocenters. The number of hydrogen-bond acceptors (Lipinski definition) is 2. The van der Waals surface area contributed by atoms with E-state index in [-0.39, 0.29) is 0 Å². The maximum absolute atomic E-state index is 4.53. The van der Waals surface area contributed by atoms with Gasteiger partial charge in [-0.3, -0.25) is 0 Å². The third-order valence-electron chi connectivity index (χ3n) is 3.22. The summed E-state index contributed by atoms with van der Waals surface area (Å²) in [5.74, 6) is 2.07. The summed E-state index contributed by atoms with van der Waals surface area (Å²) < 4.78 is 2.37. The van der Waals surface area contributed by atoms with Crippen LogP contribution >= 0.6 is 0 Å². The van der Waals surface area contributed by atoms with Gasteiger partial charge in [0.2, 0.25) is 0 Å². The number of nitrogens with one attached hydrogen (secondary N) is 1. The van der Waals surface area contributed by atoms with Crippen molar-refractivity contribution in [3.63, 3.8) is 0 Å². The fraction of sp³-hybridized carbons (Fsp3) is 0.750. The third-order valence-corrected chi connectivity index (χ3v) is 3.22. The molecule has 1 fully saturated rings. The highest BCUT2D eigenvalue weighted by atomic mass is 15.1. The Bertz CT molecular complexity index is 311. The lowest BCUT2D eigenvalue weighted by Gasteiger charge is -2.11. The van der Waals surface area contributed by atoms with Gasteiger partial charge in [0.05, 0.1) is 0 Å². The molecule has 0 bridgehead atoms. The second-order valence-corrected chi connectivity index (χ2v) is 4.53. The molecule has 0 amide bonds. The van der Waals surface area contributed by atoms with Crippen molar-refractivity contribution < 1.29 is 0 Å². The zero-order valence-corrected chi connectivity index (χ0v) is 9.79. The highest BCUT2D eigenvalue weighted by Gasteiger charge is 2.17. The van der Waals surface area contributed by atoms with Crippen molar-refractivity contribution in [2.24, 2.45) is 5.92 Å². The monoisotopic (exact) mass is 207 g/mol.